The number of halogens is 6. The lowest BCUT2D eigenvalue weighted by Gasteiger charge is -2.16. The number of nitrogens with zero attached hydrogens (tertiary/aromatic N) is 1. The van der Waals surface area contributed by atoms with Crippen LogP contribution in [0.25, 0.3) is 11.3 Å². The molecule has 0 radical (unpaired) electrons. The molecule has 3 nitrogen and oxygen atoms in total. The van der Waals surface area contributed by atoms with E-state index in [1.807, 2.05) is 0 Å². The number of hydrogen-bond donors (Lipinski definition) is 1. The zero-order chi connectivity index (χ0) is 17.4. The normalized spacial score (nSPS) is 11.6. The quantitative estimate of drug-likeness (QED) is 0.725. The summed E-state index contributed by atoms with van der Waals surface area (Å²) in [6, 6.07) is 3.40. The molecule has 0 spiro atoms. The first kappa shape index (κ1) is 17.8. The first-order valence-electron chi connectivity index (χ1n) is 6.03. The van der Waals surface area contributed by atoms with Crippen LogP contribution < -0.4 is 0 Å². The van der Waals surface area contributed by atoms with Gasteiger partial charge in [-0.25, -0.2) is 0 Å². The first-order chi connectivity index (χ1) is 10.6. The molecule has 0 bridgehead atoms. The Morgan fingerprint density at radius 3 is 2.22 bits per heavy atom. The summed E-state index contributed by atoms with van der Waals surface area (Å²) in [5.74, 6) is -1.39. The van der Waals surface area contributed by atoms with Crippen molar-refractivity contribution in [3.8, 4) is 11.3 Å². The van der Waals surface area contributed by atoms with Crippen molar-refractivity contribution in [2.24, 2.45) is 0 Å². The highest BCUT2D eigenvalue weighted by atomic mass is 35.5. The van der Waals surface area contributed by atoms with Gasteiger partial charge in [0.25, 0.3) is 0 Å². The van der Waals surface area contributed by atoms with E-state index in [1.165, 1.54) is 12.1 Å². The van der Waals surface area contributed by atoms with Gasteiger partial charge in [-0.15, -0.1) is 0 Å². The van der Waals surface area contributed by atoms with Gasteiger partial charge in [0.15, 0.2) is 0 Å². The molecule has 0 saturated carbocycles. The highest BCUT2D eigenvalue weighted by Gasteiger charge is 2.37. The van der Waals surface area contributed by atoms with Gasteiger partial charge < -0.3 is 5.11 Å². The van der Waals surface area contributed by atoms with Crippen LogP contribution in [0.4, 0.5) is 13.2 Å². The lowest BCUT2D eigenvalue weighted by molar-refractivity contribution is -0.139. The smallest absolute Gasteiger partial charge is 0.418 e. The zero-order valence-electron chi connectivity index (χ0n) is 11.1. The SMILES string of the molecule is O=C(O)Cc1ccnc(-c2cc(Cl)c(Cl)c(Cl)c2)c1C(F)(F)F. The average Bonchev–Trinajstić information content (AvgIpc) is 2.42. The number of alkyl halides is 3. The second-order valence-corrected chi connectivity index (χ2v) is 5.71. The average molecular weight is 385 g/mol. The van der Waals surface area contributed by atoms with E-state index in [0.29, 0.717) is 0 Å². The van der Waals surface area contributed by atoms with Crippen LogP contribution in [0.5, 0.6) is 0 Å². The Bertz CT molecular complexity index is 755. The first-order valence-corrected chi connectivity index (χ1v) is 7.16. The van der Waals surface area contributed by atoms with Crippen molar-refractivity contribution in [2.75, 3.05) is 0 Å². The number of pyridine rings is 1. The molecule has 23 heavy (non-hydrogen) atoms. The van der Waals surface area contributed by atoms with Crippen LogP contribution in [0.15, 0.2) is 24.4 Å². The van der Waals surface area contributed by atoms with Crippen LogP contribution in [0.2, 0.25) is 15.1 Å². The molecule has 1 N–H and O–H groups in total. The number of carboxylic acids is 1. The van der Waals surface area contributed by atoms with E-state index >= 15 is 0 Å². The van der Waals surface area contributed by atoms with Crippen LogP contribution in [-0.2, 0) is 17.4 Å². The maximum Gasteiger partial charge on any atom is 0.418 e. The topological polar surface area (TPSA) is 50.2 Å². The van der Waals surface area contributed by atoms with Crippen LogP contribution in [0.1, 0.15) is 11.1 Å². The fourth-order valence-corrected chi connectivity index (χ4v) is 2.64. The van der Waals surface area contributed by atoms with E-state index in [-0.39, 0.29) is 20.6 Å². The molecule has 2 rings (SSSR count). The van der Waals surface area contributed by atoms with E-state index in [4.69, 9.17) is 39.9 Å². The summed E-state index contributed by atoms with van der Waals surface area (Å²) in [7, 11) is 0. The second kappa shape index (κ2) is 6.55. The van der Waals surface area contributed by atoms with Gasteiger partial charge in [0.05, 0.1) is 32.7 Å². The van der Waals surface area contributed by atoms with Crippen LogP contribution in [0, 0.1) is 0 Å². The third-order valence-corrected chi connectivity index (χ3v) is 4.12. The van der Waals surface area contributed by atoms with E-state index < -0.39 is 35.4 Å². The Balaban J connectivity index is 2.74. The molecular formula is C14H7Cl3F3NO2. The standard InChI is InChI=1S/C14H7Cl3F3NO2/c15-8-3-7(4-9(16)12(8)17)13-11(14(18,19)20)6(1-2-21-13)5-10(22)23/h1-4H,5H2,(H,22,23). The monoisotopic (exact) mass is 383 g/mol. The minimum absolute atomic E-state index is 0.00679. The minimum Gasteiger partial charge on any atom is -0.481 e. The van der Waals surface area contributed by atoms with Gasteiger partial charge in [0.2, 0.25) is 0 Å². The molecule has 0 atom stereocenters. The van der Waals surface area contributed by atoms with Gasteiger partial charge in [-0.2, -0.15) is 13.2 Å². The van der Waals surface area contributed by atoms with Crippen molar-refractivity contribution in [2.45, 2.75) is 12.6 Å². The Kier molecular flexibility index (Phi) is 5.08. The van der Waals surface area contributed by atoms with Gasteiger partial charge in [0, 0.05) is 11.8 Å². The summed E-state index contributed by atoms with van der Waals surface area (Å²) in [5.41, 5.74) is -2.02. The second-order valence-electron chi connectivity index (χ2n) is 4.52. The number of carbonyl (C=O) groups is 1. The lowest BCUT2D eigenvalue weighted by Crippen LogP contribution is -2.15. The molecule has 9 heteroatoms. The molecule has 0 aliphatic rings. The van der Waals surface area contributed by atoms with Gasteiger partial charge in [-0.3, -0.25) is 9.78 Å². The molecule has 0 fully saturated rings. The number of rotatable bonds is 3. The van der Waals surface area contributed by atoms with Crippen LogP contribution >= 0.6 is 34.8 Å². The van der Waals surface area contributed by atoms with E-state index in [0.717, 1.165) is 12.3 Å². The Morgan fingerprint density at radius 2 is 1.74 bits per heavy atom. The molecule has 2 aromatic rings. The predicted octanol–water partition coefficient (Wildman–Crippen LogP) is 5.35. The Hall–Kier alpha value is -1.50. The van der Waals surface area contributed by atoms with Crippen molar-refractivity contribution in [3.05, 3.63) is 50.6 Å². The van der Waals surface area contributed by atoms with Gasteiger partial charge in [-0.05, 0) is 23.8 Å². The number of aliphatic carboxylic acids is 1. The Labute approximate surface area is 143 Å². The molecule has 1 aromatic heterocycles. The van der Waals surface area contributed by atoms with Crippen molar-refractivity contribution in [3.63, 3.8) is 0 Å². The van der Waals surface area contributed by atoms with Gasteiger partial charge >= 0.3 is 12.1 Å². The van der Waals surface area contributed by atoms with Gasteiger partial charge in [0.1, 0.15) is 0 Å². The van der Waals surface area contributed by atoms with Crippen molar-refractivity contribution in [1.29, 1.82) is 0 Å². The number of hydrogen-bond acceptors (Lipinski definition) is 2. The molecule has 0 unspecified atom stereocenters. The van der Waals surface area contributed by atoms with Gasteiger partial charge in [-0.1, -0.05) is 34.8 Å². The minimum atomic E-state index is -4.80. The summed E-state index contributed by atoms with van der Waals surface area (Å²) >= 11 is 17.5. The molecule has 1 aromatic carbocycles. The molecular weight excluding hydrogens is 378 g/mol. The largest absolute Gasteiger partial charge is 0.481 e. The third-order valence-electron chi connectivity index (χ3n) is 2.92. The maximum absolute atomic E-state index is 13.4. The molecule has 0 aliphatic carbocycles. The number of benzene rings is 1. The predicted molar refractivity (Wildman–Crippen MR) is 81.0 cm³/mol. The van der Waals surface area contributed by atoms with Crippen LogP contribution in [-0.4, -0.2) is 16.1 Å². The van der Waals surface area contributed by atoms with Crippen molar-refractivity contribution in [1.82, 2.24) is 4.98 Å². The Morgan fingerprint density at radius 1 is 1.17 bits per heavy atom. The number of carboxylic acid groups (broad SMARTS) is 1. The summed E-state index contributed by atoms with van der Waals surface area (Å²) in [4.78, 5) is 14.5. The van der Waals surface area contributed by atoms with Crippen LogP contribution in [0.3, 0.4) is 0 Å². The van der Waals surface area contributed by atoms with E-state index in [9.17, 15) is 18.0 Å². The molecule has 1 heterocycles. The summed E-state index contributed by atoms with van der Waals surface area (Å²) < 4.78 is 40.2. The summed E-state index contributed by atoms with van der Waals surface area (Å²) in [6.07, 6.45) is -4.49. The highest BCUT2D eigenvalue weighted by Crippen LogP contribution is 2.41. The fraction of sp³-hybridized carbons (Fsp3) is 0.143. The third kappa shape index (κ3) is 3.88. The lowest BCUT2D eigenvalue weighted by atomic mass is 9.98. The van der Waals surface area contributed by atoms with E-state index in [1.54, 1.807) is 0 Å². The zero-order valence-corrected chi connectivity index (χ0v) is 13.4. The highest BCUT2D eigenvalue weighted by molar-refractivity contribution is 6.48. The fourth-order valence-electron chi connectivity index (χ4n) is 2.04. The van der Waals surface area contributed by atoms with E-state index in [2.05, 4.69) is 4.98 Å². The molecule has 0 amide bonds. The van der Waals surface area contributed by atoms with Crippen molar-refractivity contribution >= 4 is 40.8 Å². The number of aromatic nitrogens is 1. The maximum atomic E-state index is 13.4. The molecule has 0 aliphatic heterocycles. The summed E-state index contributed by atoms with van der Waals surface area (Å²) in [5, 5.41) is 8.73. The van der Waals surface area contributed by atoms with Crippen molar-refractivity contribution < 1.29 is 23.1 Å². The molecule has 0 saturated heterocycles. The summed E-state index contributed by atoms with van der Waals surface area (Å²) in [6.45, 7) is 0. The molecule has 122 valence electrons.